The summed E-state index contributed by atoms with van der Waals surface area (Å²) in [6, 6.07) is 73.0. The molecule has 0 unspecified atom stereocenters. The van der Waals surface area contributed by atoms with Crippen LogP contribution < -0.4 is 4.90 Å². The van der Waals surface area contributed by atoms with Gasteiger partial charge in [0.2, 0.25) is 0 Å². The molecule has 10 rings (SSSR count). The van der Waals surface area contributed by atoms with Crippen molar-refractivity contribution < 1.29 is 0 Å². The molecule has 0 aliphatic heterocycles. The first-order valence-corrected chi connectivity index (χ1v) is 18.6. The average Bonchev–Trinajstić information content (AvgIpc) is 3.58. The molecule has 244 valence electrons. The maximum atomic E-state index is 2.36. The molecule has 1 heterocycles. The molecular weight excluding hydrogens is 647 g/mol. The van der Waals surface area contributed by atoms with Crippen LogP contribution in [-0.2, 0) is 0 Å². The first-order valence-electron chi connectivity index (χ1n) is 17.7. The zero-order chi connectivity index (χ0) is 34.4. The minimum atomic E-state index is 1.11. The molecule has 10 aromatic rings. The van der Waals surface area contributed by atoms with E-state index in [2.05, 4.69) is 205 Å². The number of nitrogens with zero attached hydrogens (tertiary/aromatic N) is 1. The van der Waals surface area contributed by atoms with Gasteiger partial charge in [0.1, 0.15) is 0 Å². The van der Waals surface area contributed by atoms with Crippen molar-refractivity contribution in [1.82, 2.24) is 0 Å². The highest BCUT2D eigenvalue weighted by molar-refractivity contribution is 7.25. The van der Waals surface area contributed by atoms with Crippen molar-refractivity contribution in [3.8, 4) is 33.4 Å². The monoisotopic (exact) mass is 679 g/mol. The smallest absolute Gasteiger partial charge is 0.0467 e. The van der Waals surface area contributed by atoms with Crippen LogP contribution in [0.3, 0.4) is 0 Å². The molecule has 0 amide bonds. The predicted octanol–water partition coefficient (Wildman–Crippen LogP) is 14.8. The minimum Gasteiger partial charge on any atom is -0.310 e. The molecule has 0 radical (unpaired) electrons. The van der Waals surface area contributed by atoms with E-state index in [1.165, 1.54) is 75.1 Å². The van der Waals surface area contributed by atoms with Crippen LogP contribution in [0.1, 0.15) is 0 Å². The third-order valence-corrected chi connectivity index (χ3v) is 11.3. The van der Waals surface area contributed by atoms with Crippen molar-refractivity contribution in [1.29, 1.82) is 0 Å². The third kappa shape index (κ3) is 5.51. The number of rotatable bonds is 6. The van der Waals surface area contributed by atoms with Crippen LogP contribution in [0.15, 0.2) is 200 Å². The summed E-state index contributed by atoms with van der Waals surface area (Å²) in [5, 5.41) is 7.72. The largest absolute Gasteiger partial charge is 0.310 e. The lowest BCUT2D eigenvalue weighted by Gasteiger charge is -2.26. The van der Waals surface area contributed by atoms with Gasteiger partial charge in [-0.25, -0.2) is 0 Å². The van der Waals surface area contributed by atoms with Gasteiger partial charge in [-0.05, 0) is 122 Å². The molecule has 0 saturated heterocycles. The van der Waals surface area contributed by atoms with Crippen molar-refractivity contribution in [2.75, 3.05) is 4.90 Å². The van der Waals surface area contributed by atoms with Gasteiger partial charge in [-0.3, -0.25) is 0 Å². The predicted molar refractivity (Wildman–Crippen MR) is 225 cm³/mol. The van der Waals surface area contributed by atoms with Crippen LogP contribution in [0.25, 0.3) is 75.1 Å². The first kappa shape index (κ1) is 30.4. The number of hydrogen-bond donors (Lipinski definition) is 0. The number of fused-ring (bicyclic) bond motifs is 5. The van der Waals surface area contributed by atoms with Gasteiger partial charge in [-0.1, -0.05) is 133 Å². The van der Waals surface area contributed by atoms with E-state index in [9.17, 15) is 0 Å². The Morgan fingerprint density at radius 3 is 1.60 bits per heavy atom. The van der Waals surface area contributed by atoms with Crippen LogP contribution in [0, 0.1) is 0 Å². The van der Waals surface area contributed by atoms with Gasteiger partial charge in [0.05, 0.1) is 0 Å². The van der Waals surface area contributed by atoms with Crippen molar-refractivity contribution in [3.05, 3.63) is 200 Å². The summed E-state index contributed by atoms with van der Waals surface area (Å²) in [4.78, 5) is 2.36. The molecule has 0 N–H and O–H groups in total. The molecule has 1 aromatic heterocycles. The van der Waals surface area contributed by atoms with Crippen molar-refractivity contribution in [2.24, 2.45) is 0 Å². The molecule has 0 aliphatic rings. The Labute approximate surface area is 307 Å². The zero-order valence-electron chi connectivity index (χ0n) is 28.4. The van der Waals surface area contributed by atoms with Crippen LogP contribution >= 0.6 is 11.3 Å². The summed E-state index contributed by atoms with van der Waals surface area (Å²) in [5.41, 5.74) is 10.6. The first-order chi connectivity index (χ1) is 25.7. The molecule has 0 atom stereocenters. The van der Waals surface area contributed by atoms with Crippen molar-refractivity contribution >= 4 is 70.1 Å². The second kappa shape index (κ2) is 12.7. The molecule has 52 heavy (non-hydrogen) atoms. The SMILES string of the molecule is c1ccc(-c2ccc(N(c3ccc(-c4ccc5cc6c(cc5c4)sc4ccccc46)cc3)c3cccc(-c4ccc5ccccc5c4)c3)cc2)cc1. The summed E-state index contributed by atoms with van der Waals surface area (Å²) in [6.07, 6.45) is 0. The van der Waals surface area contributed by atoms with Crippen LogP contribution in [0.2, 0.25) is 0 Å². The minimum absolute atomic E-state index is 1.11. The van der Waals surface area contributed by atoms with E-state index in [4.69, 9.17) is 0 Å². The Morgan fingerprint density at radius 1 is 0.269 bits per heavy atom. The summed E-state index contributed by atoms with van der Waals surface area (Å²) in [5.74, 6) is 0. The quantitative estimate of drug-likeness (QED) is 0.169. The number of hydrogen-bond acceptors (Lipinski definition) is 2. The molecule has 0 fully saturated rings. The lowest BCUT2D eigenvalue weighted by Crippen LogP contribution is -2.10. The van der Waals surface area contributed by atoms with Gasteiger partial charge in [0.15, 0.2) is 0 Å². The van der Waals surface area contributed by atoms with E-state index in [0.717, 1.165) is 17.1 Å². The lowest BCUT2D eigenvalue weighted by molar-refractivity contribution is 1.28. The van der Waals surface area contributed by atoms with E-state index >= 15 is 0 Å². The second-order valence-electron chi connectivity index (χ2n) is 13.4. The van der Waals surface area contributed by atoms with Gasteiger partial charge in [0.25, 0.3) is 0 Å². The lowest BCUT2D eigenvalue weighted by atomic mass is 9.99. The topological polar surface area (TPSA) is 3.24 Å². The maximum absolute atomic E-state index is 2.36. The second-order valence-corrected chi connectivity index (χ2v) is 14.5. The van der Waals surface area contributed by atoms with Crippen LogP contribution in [0.5, 0.6) is 0 Å². The number of benzene rings is 9. The third-order valence-electron chi connectivity index (χ3n) is 10.2. The molecule has 2 heteroatoms. The molecule has 0 aliphatic carbocycles. The fourth-order valence-corrected chi connectivity index (χ4v) is 8.66. The summed E-state index contributed by atoms with van der Waals surface area (Å²) >= 11 is 1.87. The molecule has 0 saturated carbocycles. The standard InChI is InChI=1S/C50H33NS/c1-2-9-34(10-3-1)36-21-25-44(26-22-36)51(46-14-8-13-39(31-46)41-18-17-35-11-4-5-12-38(35)29-41)45-27-23-37(24-28-45)40-19-20-42-32-48-47-15-6-7-16-49(47)52-50(48)33-43(42)30-40/h1-33H. The van der Waals surface area contributed by atoms with Gasteiger partial charge in [0, 0.05) is 37.2 Å². The van der Waals surface area contributed by atoms with E-state index in [0.29, 0.717) is 0 Å². The summed E-state index contributed by atoms with van der Waals surface area (Å²) in [7, 11) is 0. The Bertz CT molecular complexity index is 2890. The maximum Gasteiger partial charge on any atom is 0.0467 e. The summed E-state index contributed by atoms with van der Waals surface area (Å²) < 4.78 is 2.67. The fraction of sp³-hybridized carbons (Fsp3) is 0. The van der Waals surface area contributed by atoms with E-state index in [1.807, 2.05) is 11.3 Å². The van der Waals surface area contributed by atoms with Crippen molar-refractivity contribution in [2.45, 2.75) is 0 Å². The highest BCUT2D eigenvalue weighted by Gasteiger charge is 2.15. The van der Waals surface area contributed by atoms with Crippen LogP contribution in [-0.4, -0.2) is 0 Å². The summed E-state index contributed by atoms with van der Waals surface area (Å²) in [6.45, 7) is 0. The van der Waals surface area contributed by atoms with E-state index in [-0.39, 0.29) is 0 Å². The Morgan fingerprint density at radius 2 is 0.808 bits per heavy atom. The number of anilines is 3. The zero-order valence-corrected chi connectivity index (χ0v) is 29.2. The van der Waals surface area contributed by atoms with E-state index in [1.54, 1.807) is 0 Å². The van der Waals surface area contributed by atoms with Gasteiger partial charge in [-0.15, -0.1) is 11.3 Å². The molecule has 9 aromatic carbocycles. The number of thiophene rings is 1. The average molecular weight is 680 g/mol. The van der Waals surface area contributed by atoms with Gasteiger partial charge in [-0.2, -0.15) is 0 Å². The normalized spacial score (nSPS) is 11.5. The van der Waals surface area contributed by atoms with Gasteiger partial charge >= 0.3 is 0 Å². The van der Waals surface area contributed by atoms with Gasteiger partial charge < -0.3 is 4.90 Å². The van der Waals surface area contributed by atoms with Crippen LogP contribution in [0.4, 0.5) is 17.1 Å². The Balaban J connectivity index is 1.04. The van der Waals surface area contributed by atoms with Crippen molar-refractivity contribution in [3.63, 3.8) is 0 Å². The molecular formula is C50H33NS. The Kier molecular flexibility index (Phi) is 7.41. The molecule has 0 bridgehead atoms. The fourth-order valence-electron chi connectivity index (χ4n) is 7.53. The molecule has 0 spiro atoms. The Hall–Kier alpha value is -6.48. The molecule has 1 nitrogen and oxygen atoms in total. The highest BCUT2D eigenvalue weighted by Crippen LogP contribution is 2.40. The van der Waals surface area contributed by atoms with E-state index < -0.39 is 0 Å². The highest BCUT2D eigenvalue weighted by atomic mass is 32.1.